The summed E-state index contributed by atoms with van der Waals surface area (Å²) in [5, 5.41) is 13.8. The summed E-state index contributed by atoms with van der Waals surface area (Å²) in [4.78, 5) is 22.4. The van der Waals surface area contributed by atoms with Crippen LogP contribution in [0.1, 0.15) is 12.0 Å². The minimum atomic E-state index is -1.15. The van der Waals surface area contributed by atoms with Crippen LogP contribution in [0.3, 0.4) is 0 Å². The van der Waals surface area contributed by atoms with Crippen LogP contribution in [0.4, 0.5) is 4.79 Å². The van der Waals surface area contributed by atoms with E-state index < -0.39 is 18.0 Å². The lowest BCUT2D eigenvalue weighted by atomic mass is 10.1. The number of aliphatic carboxylic acids is 1. The Morgan fingerprint density at radius 1 is 1.38 bits per heavy atom. The van der Waals surface area contributed by atoms with Crippen LogP contribution in [0.25, 0.3) is 0 Å². The Morgan fingerprint density at radius 3 is 2.57 bits per heavy atom. The number of hydrogen-bond donors (Lipinski definition) is 3. The van der Waals surface area contributed by atoms with Crippen molar-refractivity contribution in [3.63, 3.8) is 0 Å². The summed E-state index contributed by atoms with van der Waals surface area (Å²) >= 11 is 0. The van der Waals surface area contributed by atoms with Gasteiger partial charge in [-0.15, -0.1) is 12.3 Å². The molecule has 0 fully saturated rings. The maximum atomic E-state index is 11.5. The fourth-order valence-electron chi connectivity index (χ4n) is 1.64. The number of carboxylic acids is 1. The highest BCUT2D eigenvalue weighted by Crippen LogP contribution is 2.11. The molecule has 0 heterocycles. The van der Waals surface area contributed by atoms with Crippen LogP contribution in [0.5, 0.6) is 5.75 Å². The largest absolute Gasteiger partial charge is 0.497 e. The Kier molecular flexibility index (Phi) is 6.61. The van der Waals surface area contributed by atoms with Gasteiger partial charge < -0.3 is 20.5 Å². The maximum absolute atomic E-state index is 11.5. The number of methoxy groups -OCH3 is 1. The molecule has 0 saturated heterocycles. The molecule has 0 aliphatic heterocycles. The number of carboxylic acid groups (broad SMARTS) is 1. The number of benzene rings is 1. The van der Waals surface area contributed by atoms with Gasteiger partial charge in [0.2, 0.25) is 0 Å². The van der Waals surface area contributed by atoms with Gasteiger partial charge in [0.25, 0.3) is 0 Å². The molecule has 2 amide bonds. The Labute approximate surface area is 123 Å². The zero-order valence-electron chi connectivity index (χ0n) is 11.8. The molecule has 1 atom stereocenters. The highest BCUT2D eigenvalue weighted by Gasteiger charge is 2.18. The molecular weight excluding hydrogens is 272 g/mol. The first-order chi connectivity index (χ1) is 10.1. The molecule has 0 aromatic heterocycles. The third kappa shape index (κ3) is 5.87. The van der Waals surface area contributed by atoms with Crippen molar-refractivity contribution in [3.8, 4) is 18.1 Å². The van der Waals surface area contributed by atoms with Crippen LogP contribution < -0.4 is 15.4 Å². The number of urea groups is 1. The molecule has 1 unspecified atom stereocenters. The van der Waals surface area contributed by atoms with E-state index in [1.807, 2.05) is 24.3 Å². The SMILES string of the molecule is C#CCC(NC(=O)NCCc1ccc(OC)cc1)C(=O)O. The lowest BCUT2D eigenvalue weighted by Gasteiger charge is -2.12. The van der Waals surface area contributed by atoms with Crippen molar-refractivity contribution in [1.82, 2.24) is 10.6 Å². The van der Waals surface area contributed by atoms with Crippen LogP contribution in [-0.4, -0.2) is 36.8 Å². The molecule has 0 saturated carbocycles. The van der Waals surface area contributed by atoms with Gasteiger partial charge in [-0.05, 0) is 24.1 Å². The lowest BCUT2D eigenvalue weighted by Crippen LogP contribution is -2.46. The summed E-state index contributed by atoms with van der Waals surface area (Å²) in [6.45, 7) is 0.389. The molecule has 1 aromatic rings. The standard InChI is InChI=1S/C15H18N2O4/c1-3-4-13(14(18)19)17-15(20)16-10-9-11-5-7-12(21-2)8-6-11/h1,5-8,13H,4,9-10H2,2H3,(H,18,19)(H2,16,17,20). The summed E-state index contributed by atoms with van der Waals surface area (Å²) < 4.78 is 5.05. The molecular formula is C15H18N2O4. The molecule has 3 N–H and O–H groups in total. The molecule has 0 radical (unpaired) electrons. The summed E-state index contributed by atoms with van der Waals surface area (Å²) in [6.07, 6.45) is 5.62. The highest BCUT2D eigenvalue weighted by molar-refractivity contribution is 5.82. The zero-order valence-corrected chi connectivity index (χ0v) is 11.8. The molecule has 21 heavy (non-hydrogen) atoms. The van der Waals surface area contributed by atoms with E-state index in [0.29, 0.717) is 13.0 Å². The third-order valence-corrected chi connectivity index (χ3v) is 2.78. The van der Waals surface area contributed by atoms with E-state index >= 15 is 0 Å². The van der Waals surface area contributed by atoms with Gasteiger partial charge in [-0.3, -0.25) is 0 Å². The van der Waals surface area contributed by atoms with Crippen molar-refractivity contribution in [2.45, 2.75) is 18.9 Å². The van der Waals surface area contributed by atoms with Gasteiger partial charge in [0.1, 0.15) is 11.8 Å². The predicted molar refractivity (Wildman–Crippen MR) is 78.1 cm³/mol. The van der Waals surface area contributed by atoms with Gasteiger partial charge in [0, 0.05) is 13.0 Å². The average Bonchev–Trinajstić information content (AvgIpc) is 2.47. The number of ether oxygens (including phenoxy) is 1. The average molecular weight is 290 g/mol. The molecule has 6 heteroatoms. The second-order valence-electron chi connectivity index (χ2n) is 4.30. The number of carbonyl (C=O) groups is 2. The van der Waals surface area contributed by atoms with E-state index in [1.165, 1.54) is 0 Å². The Bertz CT molecular complexity index is 519. The van der Waals surface area contributed by atoms with E-state index in [4.69, 9.17) is 16.3 Å². The van der Waals surface area contributed by atoms with Crippen LogP contribution in [0, 0.1) is 12.3 Å². The number of nitrogens with one attached hydrogen (secondary N) is 2. The Morgan fingerprint density at radius 2 is 2.05 bits per heavy atom. The zero-order chi connectivity index (χ0) is 15.7. The molecule has 0 bridgehead atoms. The van der Waals surface area contributed by atoms with Gasteiger partial charge in [-0.2, -0.15) is 0 Å². The smallest absolute Gasteiger partial charge is 0.327 e. The normalized spacial score (nSPS) is 11.0. The van der Waals surface area contributed by atoms with Crippen molar-refractivity contribution < 1.29 is 19.4 Å². The summed E-state index contributed by atoms with van der Waals surface area (Å²) in [7, 11) is 1.59. The first kappa shape index (κ1) is 16.4. The first-order valence-corrected chi connectivity index (χ1v) is 6.40. The minimum absolute atomic E-state index is 0.0543. The predicted octanol–water partition coefficient (Wildman–Crippen LogP) is 1.01. The third-order valence-electron chi connectivity index (χ3n) is 2.78. The van der Waals surface area contributed by atoms with E-state index in [-0.39, 0.29) is 6.42 Å². The van der Waals surface area contributed by atoms with Crippen molar-refractivity contribution in [2.24, 2.45) is 0 Å². The first-order valence-electron chi connectivity index (χ1n) is 6.40. The van der Waals surface area contributed by atoms with Gasteiger partial charge in [0.05, 0.1) is 7.11 Å². The van der Waals surface area contributed by atoms with Crippen LogP contribution in [0.2, 0.25) is 0 Å². The number of carbonyl (C=O) groups excluding carboxylic acids is 1. The fourth-order valence-corrected chi connectivity index (χ4v) is 1.64. The highest BCUT2D eigenvalue weighted by atomic mass is 16.5. The van der Waals surface area contributed by atoms with E-state index in [9.17, 15) is 9.59 Å². The second-order valence-corrected chi connectivity index (χ2v) is 4.30. The maximum Gasteiger partial charge on any atom is 0.327 e. The Balaban J connectivity index is 2.35. The van der Waals surface area contributed by atoms with Crippen LogP contribution >= 0.6 is 0 Å². The summed E-state index contributed by atoms with van der Waals surface area (Å²) in [6, 6.07) is 5.85. The van der Waals surface area contributed by atoms with Gasteiger partial charge in [0.15, 0.2) is 0 Å². The van der Waals surface area contributed by atoms with E-state index in [2.05, 4.69) is 16.6 Å². The van der Waals surface area contributed by atoms with Crippen molar-refractivity contribution in [3.05, 3.63) is 29.8 Å². The second kappa shape index (κ2) is 8.48. The molecule has 0 spiro atoms. The van der Waals surface area contributed by atoms with Crippen molar-refractivity contribution in [2.75, 3.05) is 13.7 Å². The number of amides is 2. The lowest BCUT2D eigenvalue weighted by molar-refractivity contribution is -0.139. The monoisotopic (exact) mass is 290 g/mol. The number of rotatable bonds is 7. The van der Waals surface area contributed by atoms with Gasteiger partial charge in [-0.25, -0.2) is 9.59 Å². The molecule has 112 valence electrons. The van der Waals surface area contributed by atoms with Crippen molar-refractivity contribution >= 4 is 12.0 Å². The molecule has 0 aliphatic rings. The number of hydrogen-bond acceptors (Lipinski definition) is 3. The van der Waals surface area contributed by atoms with Crippen molar-refractivity contribution in [1.29, 1.82) is 0 Å². The fraction of sp³-hybridized carbons (Fsp3) is 0.333. The van der Waals surface area contributed by atoms with Gasteiger partial charge >= 0.3 is 12.0 Å². The van der Waals surface area contributed by atoms with Gasteiger partial charge in [-0.1, -0.05) is 12.1 Å². The van der Waals surface area contributed by atoms with Crippen LogP contribution in [0.15, 0.2) is 24.3 Å². The van der Waals surface area contributed by atoms with Crippen LogP contribution in [-0.2, 0) is 11.2 Å². The summed E-state index contributed by atoms with van der Waals surface area (Å²) in [5.41, 5.74) is 1.04. The molecule has 0 aliphatic carbocycles. The van der Waals surface area contributed by atoms with E-state index in [0.717, 1.165) is 11.3 Å². The minimum Gasteiger partial charge on any atom is -0.497 e. The molecule has 1 aromatic carbocycles. The molecule has 1 rings (SSSR count). The van der Waals surface area contributed by atoms with E-state index in [1.54, 1.807) is 7.11 Å². The number of terminal acetylenes is 1. The quantitative estimate of drug-likeness (QED) is 0.654. The molecule has 6 nitrogen and oxygen atoms in total. The summed E-state index contributed by atoms with van der Waals surface area (Å²) in [5.74, 6) is 1.82. The topological polar surface area (TPSA) is 87.7 Å². The Hall–Kier alpha value is -2.68.